The van der Waals surface area contributed by atoms with Gasteiger partial charge in [-0.3, -0.25) is 4.79 Å². The number of hydrogen-bond donors (Lipinski definition) is 0. The first kappa shape index (κ1) is 17.2. The van der Waals surface area contributed by atoms with E-state index < -0.39 is 5.60 Å². The Morgan fingerprint density at radius 3 is 2.29 bits per heavy atom. The zero-order valence-electron chi connectivity index (χ0n) is 13.5. The van der Waals surface area contributed by atoms with Gasteiger partial charge in [-0.05, 0) is 65.9 Å². The van der Waals surface area contributed by atoms with Crippen LogP contribution in [0.4, 0.5) is 4.39 Å². The summed E-state index contributed by atoms with van der Waals surface area (Å²) in [7, 11) is 0. The predicted octanol–water partition coefficient (Wildman–Crippen LogP) is 5.56. The Kier molecular flexibility index (Phi) is 4.58. The molecular weight excluding hydrogens is 391 g/mol. The highest BCUT2D eigenvalue weighted by Gasteiger charge is 2.42. The molecule has 3 rings (SSSR count). The lowest BCUT2D eigenvalue weighted by Gasteiger charge is -2.18. The van der Waals surface area contributed by atoms with Gasteiger partial charge in [-0.1, -0.05) is 18.2 Å². The third-order valence-corrected chi connectivity index (χ3v) is 5.62. The molecule has 0 N–H and O–H groups in total. The van der Waals surface area contributed by atoms with E-state index in [1.165, 1.54) is 12.1 Å². The number of carbonyl (C=O) groups is 1. The summed E-state index contributed by atoms with van der Waals surface area (Å²) >= 11 is 5.18. The van der Waals surface area contributed by atoms with Gasteiger partial charge in [0, 0.05) is 14.9 Å². The SMILES string of the molecule is CSc1ccc(C2=C(c3ccc(F)cc3)C(=O)C(C)(C)O2)cc1Br. The van der Waals surface area contributed by atoms with Crippen LogP contribution in [0, 0.1) is 5.82 Å². The maximum atomic E-state index is 13.2. The standard InChI is InChI=1S/C19H16BrFO2S/c1-19(2)18(22)16(11-4-7-13(21)8-5-11)17(23-19)12-6-9-15(24-3)14(20)10-12/h4-10H,1-3H3. The number of carbonyl (C=O) groups excluding carboxylic acids is 1. The van der Waals surface area contributed by atoms with Crippen molar-refractivity contribution in [2.75, 3.05) is 6.26 Å². The minimum atomic E-state index is -0.941. The number of halogens is 2. The predicted molar refractivity (Wildman–Crippen MR) is 99.3 cm³/mol. The molecule has 1 heterocycles. The van der Waals surface area contributed by atoms with E-state index in [-0.39, 0.29) is 11.6 Å². The molecule has 2 aromatic carbocycles. The quantitative estimate of drug-likeness (QED) is 0.624. The second-order valence-electron chi connectivity index (χ2n) is 6.00. The number of ketones is 1. The van der Waals surface area contributed by atoms with Gasteiger partial charge in [-0.25, -0.2) is 4.39 Å². The Morgan fingerprint density at radius 2 is 1.71 bits per heavy atom. The molecule has 1 aliphatic rings. The molecule has 0 fully saturated rings. The second kappa shape index (κ2) is 6.37. The van der Waals surface area contributed by atoms with Crippen molar-refractivity contribution in [3.63, 3.8) is 0 Å². The lowest BCUT2D eigenvalue weighted by molar-refractivity contribution is -0.125. The molecule has 0 unspecified atom stereocenters. The molecule has 1 aliphatic heterocycles. The van der Waals surface area contributed by atoms with Gasteiger partial charge in [0.1, 0.15) is 11.6 Å². The van der Waals surface area contributed by atoms with E-state index in [0.717, 1.165) is 14.9 Å². The molecule has 0 atom stereocenters. The third-order valence-electron chi connectivity index (χ3n) is 3.91. The van der Waals surface area contributed by atoms with E-state index in [4.69, 9.17) is 4.74 Å². The van der Waals surface area contributed by atoms with Crippen molar-refractivity contribution in [1.82, 2.24) is 0 Å². The summed E-state index contributed by atoms with van der Waals surface area (Å²) in [6.07, 6.45) is 2.00. The topological polar surface area (TPSA) is 26.3 Å². The number of thioether (sulfide) groups is 1. The summed E-state index contributed by atoms with van der Waals surface area (Å²) in [5.74, 6) is 0.0951. The number of benzene rings is 2. The van der Waals surface area contributed by atoms with Crippen molar-refractivity contribution in [3.05, 3.63) is 63.9 Å². The average Bonchev–Trinajstić information content (AvgIpc) is 2.79. The van der Waals surface area contributed by atoms with Crippen molar-refractivity contribution >= 4 is 44.8 Å². The zero-order valence-corrected chi connectivity index (χ0v) is 15.9. The zero-order chi connectivity index (χ0) is 17.5. The molecule has 0 bridgehead atoms. The van der Waals surface area contributed by atoms with Crippen molar-refractivity contribution in [2.24, 2.45) is 0 Å². The third kappa shape index (κ3) is 3.03. The van der Waals surface area contributed by atoms with Crippen LogP contribution in [0.25, 0.3) is 11.3 Å². The van der Waals surface area contributed by atoms with Crippen molar-refractivity contribution in [1.29, 1.82) is 0 Å². The van der Waals surface area contributed by atoms with Crippen LogP contribution in [0.1, 0.15) is 25.0 Å². The smallest absolute Gasteiger partial charge is 0.210 e. The molecule has 124 valence electrons. The Hall–Kier alpha value is -1.59. The first-order chi connectivity index (χ1) is 11.3. The molecule has 0 radical (unpaired) electrons. The van der Waals surface area contributed by atoms with Crippen LogP contribution in [-0.4, -0.2) is 17.6 Å². The summed E-state index contributed by atoms with van der Waals surface area (Å²) in [6.45, 7) is 3.49. The molecule has 2 aromatic rings. The van der Waals surface area contributed by atoms with Crippen molar-refractivity contribution in [2.45, 2.75) is 24.3 Å². The normalized spacial score (nSPS) is 16.5. The highest BCUT2D eigenvalue weighted by Crippen LogP contribution is 2.42. The molecule has 0 saturated heterocycles. The second-order valence-corrected chi connectivity index (χ2v) is 7.70. The van der Waals surface area contributed by atoms with E-state index >= 15 is 0 Å². The van der Waals surface area contributed by atoms with Crippen LogP contribution in [0.2, 0.25) is 0 Å². The lowest BCUT2D eigenvalue weighted by atomic mass is 9.92. The Labute approximate surface area is 153 Å². The highest BCUT2D eigenvalue weighted by atomic mass is 79.9. The first-order valence-corrected chi connectivity index (χ1v) is 9.43. The maximum Gasteiger partial charge on any atom is 0.210 e. The largest absolute Gasteiger partial charge is 0.478 e. The van der Waals surface area contributed by atoms with Gasteiger partial charge in [0.05, 0.1) is 5.57 Å². The maximum absolute atomic E-state index is 13.2. The summed E-state index contributed by atoms with van der Waals surface area (Å²) in [5.41, 5.74) is 1.03. The van der Waals surface area contributed by atoms with Crippen LogP contribution in [0.3, 0.4) is 0 Å². The van der Waals surface area contributed by atoms with Crippen molar-refractivity contribution in [3.8, 4) is 0 Å². The molecule has 0 spiro atoms. The molecule has 0 saturated carbocycles. The number of Topliss-reactive ketones (excluding diaryl/α,β-unsaturated/α-hetero) is 1. The van der Waals surface area contributed by atoms with Gasteiger partial charge in [0.25, 0.3) is 0 Å². The summed E-state index contributed by atoms with van der Waals surface area (Å²) in [6, 6.07) is 11.8. The molecule has 24 heavy (non-hydrogen) atoms. The van der Waals surface area contributed by atoms with Gasteiger partial charge in [-0.2, -0.15) is 0 Å². The van der Waals surface area contributed by atoms with Gasteiger partial charge < -0.3 is 4.74 Å². The van der Waals surface area contributed by atoms with E-state index in [0.29, 0.717) is 16.9 Å². The fourth-order valence-electron chi connectivity index (χ4n) is 2.65. The molecule has 2 nitrogen and oxygen atoms in total. The Morgan fingerprint density at radius 1 is 1.08 bits per heavy atom. The minimum Gasteiger partial charge on any atom is -0.478 e. The van der Waals surface area contributed by atoms with Gasteiger partial charge in [-0.15, -0.1) is 11.8 Å². The van der Waals surface area contributed by atoms with Gasteiger partial charge in [0.15, 0.2) is 5.60 Å². The number of ether oxygens (including phenoxy) is 1. The van der Waals surface area contributed by atoms with Gasteiger partial charge >= 0.3 is 0 Å². The Balaban J connectivity index is 2.18. The monoisotopic (exact) mass is 406 g/mol. The van der Waals surface area contributed by atoms with Crippen LogP contribution in [-0.2, 0) is 9.53 Å². The minimum absolute atomic E-state index is 0.103. The molecule has 5 heteroatoms. The first-order valence-electron chi connectivity index (χ1n) is 7.41. The molecule has 0 aromatic heterocycles. The molecule has 0 aliphatic carbocycles. The summed E-state index contributed by atoms with van der Waals surface area (Å²) in [5, 5.41) is 0. The van der Waals surface area contributed by atoms with E-state index in [2.05, 4.69) is 15.9 Å². The van der Waals surface area contributed by atoms with E-state index in [1.54, 1.807) is 37.7 Å². The van der Waals surface area contributed by atoms with Crippen LogP contribution in [0.5, 0.6) is 0 Å². The fourth-order valence-corrected chi connectivity index (χ4v) is 3.97. The van der Waals surface area contributed by atoms with Gasteiger partial charge in [0.2, 0.25) is 5.78 Å². The van der Waals surface area contributed by atoms with Crippen LogP contribution in [0.15, 0.2) is 51.8 Å². The Bertz CT molecular complexity index is 841. The van der Waals surface area contributed by atoms with Crippen LogP contribution >= 0.6 is 27.7 Å². The lowest BCUT2D eigenvalue weighted by Crippen LogP contribution is -2.29. The molecule has 0 amide bonds. The van der Waals surface area contributed by atoms with Crippen molar-refractivity contribution < 1.29 is 13.9 Å². The number of hydrogen-bond acceptors (Lipinski definition) is 3. The summed E-state index contributed by atoms with van der Waals surface area (Å²) in [4.78, 5) is 13.9. The van der Waals surface area contributed by atoms with E-state index in [1.807, 2.05) is 24.5 Å². The average molecular weight is 407 g/mol. The van der Waals surface area contributed by atoms with Crippen LogP contribution < -0.4 is 0 Å². The fraction of sp³-hybridized carbons (Fsp3) is 0.211. The summed E-state index contributed by atoms with van der Waals surface area (Å²) < 4.78 is 20.2. The van der Waals surface area contributed by atoms with E-state index in [9.17, 15) is 9.18 Å². The number of rotatable bonds is 3. The highest BCUT2D eigenvalue weighted by molar-refractivity contribution is 9.10. The molecular formula is C19H16BrFO2S.